The summed E-state index contributed by atoms with van der Waals surface area (Å²) < 4.78 is 41.2. The summed E-state index contributed by atoms with van der Waals surface area (Å²) in [5.74, 6) is 0.721. The molecule has 108 valence electrons. The zero-order chi connectivity index (χ0) is 13.9. The molecule has 19 heavy (non-hydrogen) atoms. The van der Waals surface area contributed by atoms with E-state index in [1.807, 2.05) is 17.7 Å². The Morgan fingerprint density at radius 3 is 2.79 bits per heavy atom. The summed E-state index contributed by atoms with van der Waals surface area (Å²) in [6, 6.07) is -1.32. The highest BCUT2D eigenvalue weighted by atomic mass is 19.4. The van der Waals surface area contributed by atoms with E-state index in [-0.39, 0.29) is 13.0 Å². The molecule has 1 aliphatic rings. The lowest BCUT2D eigenvalue weighted by molar-refractivity contribution is -0.186. The maximum atomic E-state index is 13.1. The van der Waals surface area contributed by atoms with Gasteiger partial charge in [-0.05, 0) is 26.3 Å². The first kappa shape index (κ1) is 14.4. The van der Waals surface area contributed by atoms with Gasteiger partial charge in [0.2, 0.25) is 0 Å². The third-order valence-electron chi connectivity index (χ3n) is 3.73. The quantitative estimate of drug-likeness (QED) is 0.844. The second kappa shape index (κ2) is 5.94. The van der Waals surface area contributed by atoms with E-state index in [0.29, 0.717) is 13.0 Å². The minimum absolute atomic E-state index is 0.205. The molecule has 0 radical (unpaired) electrons. The van der Waals surface area contributed by atoms with E-state index in [1.54, 1.807) is 11.1 Å². The summed E-state index contributed by atoms with van der Waals surface area (Å²) >= 11 is 0. The lowest BCUT2D eigenvalue weighted by Crippen LogP contribution is -2.45. The van der Waals surface area contributed by atoms with Crippen LogP contribution in [0.4, 0.5) is 13.2 Å². The van der Waals surface area contributed by atoms with Crippen molar-refractivity contribution in [2.24, 2.45) is 0 Å². The first-order valence-corrected chi connectivity index (χ1v) is 6.83. The van der Waals surface area contributed by atoms with Crippen LogP contribution in [0.2, 0.25) is 0 Å². The van der Waals surface area contributed by atoms with Gasteiger partial charge in [-0.1, -0.05) is 12.8 Å². The molecule has 1 aromatic rings. The zero-order valence-electron chi connectivity index (χ0n) is 11.2. The number of aromatic nitrogens is 2. The highest BCUT2D eigenvalue weighted by Crippen LogP contribution is 2.32. The van der Waals surface area contributed by atoms with Gasteiger partial charge in [0.05, 0.1) is 6.54 Å². The van der Waals surface area contributed by atoms with Crippen LogP contribution in [0, 0.1) is 0 Å². The summed E-state index contributed by atoms with van der Waals surface area (Å²) in [5.41, 5.74) is 0. The topological polar surface area (TPSA) is 21.1 Å². The van der Waals surface area contributed by atoms with E-state index in [0.717, 1.165) is 25.2 Å². The lowest BCUT2D eigenvalue weighted by atomic mass is 10.1. The van der Waals surface area contributed by atoms with E-state index < -0.39 is 12.2 Å². The van der Waals surface area contributed by atoms with Gasteiger partial charge >= 0.3 is 6.18 Å². The number of aryl methyl sites for hydroxylation is 1. The SMILES string of the molecule is CCn1ccnc1CN1CCCCCC1C(F)(F)F. The molecule has 0 spiro atoms. The average molecular weight is 275 g/mol. The van der Waals surface area contributed by atoms with Crippen LogP contribution >= 0.6 is 0 Å². The molecule has 0 amide bonds. The van der Waals surface area contributed by atoms with Gasteiger partial charge in [-0.2, -0.15) is 13.2 Å². The minimum atomic E-state index is -4.14. The van der Waals surface area contributed by atoms with Crippen molar-refractivity contribution >= 4 is 0 Å². The fourth-order valence-corrected chi connectivity index (χ4v) is 2.69. The summed E-state index contributed by atoms with van der Waals surface area (Å²) in [5, 5.41) is 0. The predicted molar refractivity (Wildman–Crippen MR) is 66.6 cm³/mol. The molecule has 1 aromatic heterocycles. The monoisotopic (exact) mass is 275 g/mol. The molecular weight excluding hydrogens is 255 g/mol. The molecule has 0 aromatic carbocycles. The molecule has 1 aliphatic heterocycles. The number of rotatable bonds is 3. The van der Waals surface area contributed by atoms with Crippen LogP contribution in [-0.4, -0.2) is 33.2 Å². The molecule has 1 unspecified atom stereocenters. The van der Waals surface area contributed by atoms with Gasteiger partial charge in [0.25, 0.3) is 0 Å². The highest BCUT2D eigenvalue weighted by Gasteiger charge is 2.43. The van der Waals surface area contributed by atoms with Crippen molar-refractivity contribution in [2.75, 3.05) is 6.54 Å². The zero-order valence-corrected chi connectivity index (χ0v) is 11.2. The summed E-state index contributed by atoms with van der Waals surface area (Å²) in [4.78, 5) is 5.73. The first-order valence-electron chi connectivity index (χ1n) is 6.83. The van der Waals surface area contributed by atoms with Crippen LogP contribution in [0.25, 0.3) is 0 Å². The molecule has 2 heterocycles. The Balaban J connectivity index is 2.14. The molecule has 0 bridgehead atoms. The molecule has 2 rings (SSSR count). The third kappa shape index (κ3) is 3.49. The molecular formula is C13H20F3N3. The van der Waals surface area contributed by atoms with Crippen LogP contribution in [0.5, 0.6) is 0 Å². The van der Waals surface area contributed by atoms with Crippen molar-refractivity contribution in [1.82, 2.24) is 14.5 Å². The van der Waals surface area contributed by atoms with Crippen LogP contribution in [0.1, 0.15) is 38.4 Å². The van der Waals surface area contributed by atoms with Crippen LogP contribution in [-0.2, 0) is 13.1 Å². The van der Waals surface area contributed by atoms with Crippen molar-refractivity contribution in [3.8, 4) is 0 Å². The number of likely N-dealkylation sites (tertiary alicyclic amines) is 1. The summed E-state index contributed by atoms with van der Waals surface area (Å²) in [7, 11) is 0. The summed E-state index contributed by atoms with van der Waals surface area (Å²) in [6.45, 7) is 3.49. The predicted octanol–water partition coefficient (Wildman–Crippen LogP) is 3.21. The summed E-state index contributed by atoms with van der Waals surface area (Å²) in [6.07, 6.45) is 1.90. The Hall–Kier alpha value is -1.04. The van der Waals surface area contributed by atoms with Gasteiger partial charge in [-0.3, -0.25) is 4.90 Å². The number of nitrogens with zero attached hydrogens (tertiary/aromatic N) is 3. The van der Waals surface area contributed by atoms with E-state index in [9.17, 15) is 13.2 Å². The van der Waals surface area contributed by atoms with Crippen molar-refractivity contribution in [1.29, 1.82) is 0 Å². The van der Waals surface area contributed by atoms with Crippen molar-refractivity contribution in [3.05, 3.63) is 18.2 Å². The van der Waals surface area contributed by atoms with Crippen LogP contribution in [0.15, 0.2) is 12.4 Å². The number of hydrogen-bond acceptors (Lipinski definition) is 2. The van der Waals surface area contributed by atoms with Crippen molar-refractivity contribution in [3.63, 3.8) is 0 Å². The number of hydrogen-bond donors (Lipinski definition) is 0. The largest absolute Gasteiger partial charge is 0.404 e. The Kier molecular flexibility index (Phi) is 4.50. The van der Waals surface area contributed by atoms with Crippen LogP contribution < -0.4 is 0 Å². The van der Waals surface area contributed by atoms with E-state index >= 15 is 0 Å². The Morgan fingerprint density at radius 2 is 2.11 bits per heavy atom. The Morgan fingerprint density at radius 1 is 1.32 bits per heavy atom. The molecule has 0 saturated carbocycles. The van der Waals surface area contributed by atoms with Crippen LogP contribution in [0.3, 0.4) is 0 Å². The maximum absolute atomic E-state index is 13.1. The third-order valence-corrected chi connectivity index (χ3v) is 3.73. The van der Waals surface area contributed by atoms with Gasteiger partial charge in [0.1, 0.15) is 11.9 Å². The smallest absolute Gasteiger partial charge is 0.334 e. The number of imidazole rings is 1. The second-order valence-electron chi connectivity index (χ2n) is 5.01. The van der Waals surface area contributed by atoms with Crippen molar-refractivity contribution < 1.29 is 13.2 Å². The van der Waals surface area contributed by atoms with Gasteiger partial charge < -0.3 is 4.57 Å². The van der Waals surface area contributed by atoms with E-state index in [2.05, 4.69) is 4.98 Å². The van der Waals surface area contributed by atoms with Gasteiger partial charge in [-0.25, -0.2) is 4.98 Å². The number of halogens is 3. The average Bonchev–Trinajstić information content (AvgIpc) is 2.64. The molecule has 6 heteroatoms. The van der Waals surface area contributed by atoms with E-state index in [4.69, 9.17) is 0 Å². The van der Waals surface area contributed by atoms with Gasteiger partial charge in [-0.15, -0.1) is 0 Å². The Bertz CT molecular complexity index is 400. The second-order valence-corrected chi connectivity index (χ2v) is 5.01. The van der Waals surface area contributed by atoms with Gasteiger partial charge in [0.15, 0.2) is 0 Å². The normalized spacial score (nSPS) is 22.4. The molecule has 0 N–H and O–H groups in total. The molecule has 0 aliphatic carbocycles. The number of alkyl halides is 3. The standard InChI is InChI=1S/C13H20F3N3/c1-2-18-9-7-17-12(18)10-19-8-5-3-4-6-11(19)13(14,15)16/h7,9,11H,2-6,8,10H2,1H3. The lowest BCUT2D eigenvalue weighted by Gasteiger charge is -2.31. The molecule has 1 atom stereocenters. The van der Waals surface area contributed by atoms with Gasteiger partial charge in [0, 0.05) is 18.9 Å². The van der Waals surface area contributed by atoms with Crippen molar-refractivity contribution in [2.45, 2.75) is 57.9 Å². The fourth-order valence-electron chi connectivity index (χ4n) is 2.69. The minimum Gasteiger partial charge on any atom is -0.334 e. The highest BCUT2D eigenvalue weighted by molar-refractivity contribution is 4.94. The fraction of sp³-hybridized carbons (Fsp3) is 0.769. The maximum Gasteiger partial charge on any atom is 0.404 e. The molecule has 3 nitrogen and oxygen atoms in total. The Labute approximate surface area is 111 Å². The first-order chi connectivity index (χ1) is 9.02. The van der Waals surface area contributed by atoms with E-state index in [1.165, 1.54) is 0 Å². The molecule has 1 fully saturated rings. The molecule has 1 saturated heterocycles.